The Labute approximate surface area is 162 Å². The highest BCUT2D eigenvalue weighted by atomic mass is 32.2. The molecule has 0 aliphatic carbocycles. The maximum absolute atomic E-state index is 12.9. The summed E-state index contributed by atoms with van der Waals surface area (Å²) in [4.78, 5) is 22.5. The summed E-state index contributed by atoms with van der Waals surface area (Å²) in [6.07, 6.45) is -6.56. The number of alkyl halides is 6. The van der Waals surface area contributed by atoms with Gasteiger partial charge in [-0.1, -0.05) is 23.5 Å². The molecule has 0 amide bonds. The van der Waals surface area contributed by atoms with Gasteiger partial charge in [0.05, 0.1) is 6.54 Å². The summed E-state index contributed by atoms with van der Waals surface area (Å²) in [5.74, 6) is -0.370. The van der Waals surface area contributed by atoms with Gasteiger partial charge >= 0.3 is 12.4 Å². The van der Waals surface area contributed by atoms with E-state index in [1.54, 1.807) is 0 Å². The van der Waals surface area contributed by atoms with E-state index in [4.69, 9.17) is 4.74 Å². The fourth-order valence-electron chi connectivity index (χ4n) is 1.95. The third-order valence-corrected chi connectivity index (χ3v) is 4.39. The highest BCUT2D eigenvalue weighted by Crippen LogP contribution is 2.31. The number of hydrogen-bond donors (Lipinski definition) is 0. The van der Waals surface area contributed by atoms with Crippen molar-refractivity contribution in [3.8, 4) is 5.88 Å². The Hall–Kier alpha value is -1.96. The number of nitrogens with zero attached hydrogens (tertiary/aromatic N) is 4. The normalized spacial score (nSPS) is 12.3. The monoisotopic (exact) mass is 446 g/mol. The lowest BCUT2D eigenvalue weighted by molar-refractivity contribution is -0.142. The van der Waals surface area contributed by atoms with Crippen molar-refractivity contribution in [2.24, 2.45) is 0 Å². The Balaban J connectivity index is 2.21. The molecule has 0 bridgehead atoms. The van der Waals surface area contributed by atoms with Crippen LogP contribution in [0.2, 0.25) is 0 Å². The smallest absolute Gasteiger partial charge is 0.433 e. The maximum Gasteiger partial charge on any atom is 0.433 e. The lowest BCUT2D eigenvalue weighted by Crippen LogP contribution is -2.28. The van der Waals surface area contributed by atoms with Crippen LogP contribution in [0.4, 0.5) is 26.3 Å². The predicted molar refractivity (Wildman–Crippen MR) is 89.6 cm³/mol. The molecule has 2 aromatic rings. The molecule has 0 N–H and O–H groups in total. The zero-order valence-electron chi connectivity index (χ0n) is 14.3. The van der Waals surface area contributed by atoms with E-state index in [0.717, 1.165) is 28.1 Å². The van der Waals surface area contributed by atoms with Crippen molar-refractivity contribution < 1.29 is 31.1 Å². The van der Waals surface area contributed by atoms with Gasteiger partial charge < -0.3 is 4.74 Å². The van der Waals surface area contributed by atoms with Crippen molar-refractivity contribution in [3.63, 3.8) is 0 Å². The molecule has 0 spiro atoms. The van der Waals surface area contributed by atoms with Crippen LogP contribution < -0.4 is 10.3 Å². The van der Waals surface area contributed by atoms with Crippen LogP contribution in [-0.4, -0.2) is 38.6 Å². The van der Waals surface area contributed by atoms with Crippen LogP contribution in [0.25, 0.3) is 0 Å². The molecule has 0 aromatic carbocycles. The van der Waals surface area contributed by atoms with E-state index in [-0.39, 0.29) is 29.3 Å². The van der Waals surface area contributed by atoms with Crippen LogP contribution in [0, 0.1) is 0 Å². The first kappa shape index (κ1) is 22.3. The summed E-state index contributed by atoms with van der Waals surface area (Å²) in [5.41, 5.74) is -3.48. The van der Waals surface area contributed by atoms with Crippen molar-refractivity contribution in [1.29, 1.82) is 0 Å². The SMILES string of the molecule is CSc1nc(OCCn2c(SC)nc(C(F)(F)F)cc2=O)cc(C(F)(F)F)n1. The average Bonchev–Trinajstić information content (AvgIpc) is 2.60. The van der Waals surface area contributed by atoms with Gasteiger partial charge in [-0.2, -0.15) is 31.3 Å². The van der Waals surface area contributed by atoms with Crippen molar-refractivity contribution in [1.82, 2.24) is 19.5 Å². The molecule has 0 aliphatic rings. The minimum Gasteiger partial charge on any atom is -0.476 e. The Morgan fingerprint density at radius 1 is 0.964 bits per heavy atom. The maximum atomic E-state index is 12.9. The first-order valence-corrected chi connectivity index (χ1v) is 9.76. The summed E-state index contributed by atoms with van der Waals surface area (Å²) in [6, 6.07) is 0.945. The highest BCUT2D eigenvalue weighted by Gasteiger charge is 2.35. The zero-order valence-corrected chi connectivity index (χ0v) is 15.9. The molecular weight excluding hydrogens is 434 g/mol. The number of hydrogen-bond acceptors (Lipinski definition) is 7. The minimum absolute atomic E-state index is 0.164. The standard InChI is InChI=1S/C14H12F6N4O2S2/c1-27-11-21-7(13(15,16)17)5-9(23-11)26-4-3-24-10(25)6-8(14(18,19)20)22-12(24)28-2/h5-6H,3-4H2,1-2H3. The molecule has 28 heavy (non-hydrogen) atoms. The number of rotatable bonds is 6. The average molecular weight is 446 g/mol. The highest BCUT2D eigenvalue weighted by molar-refractivity contribution is 7.98. The van der Waals surface area contributed by atoms with E-state index in [2.05, 4.69) is 15.0 Å². The second-order valence-electron chi connectivity index (χ2n) is 5.04. The Kier molecular flexibility index (Phi) is 6.85. The lowest BCUT2D eigenvalue weighted by Gasteiger charge is -2.14. The Morgan fingerprint density at radius 3 is 2.11 bits per heavy atom. The second kappa shape index (κ2) is 8.59. The summed E-state index contributed by atoms with van der Waals surface area (Å²) in [7, 11) is 0. The van der Waals surface area contributed by atoms with Gasteiger partial charge in [-0.05, 0) is 12.5 Å². The topological polar surface area (TPSA) is 69.9 Å². The van der Waals surface area contributed by atoms with E-state index in [1.165, 1.54) is 12.5 Å². The minimum atomic E-state index is -4.78. The van der Waals surface area contributed by atoms with E-state index in [0.29, 0.717) is 12.1 Å². The molecule has 2 aromatic heterocycles. The third kappa shape index (κ3) is 5.53. The molecule has 154 valence electrons. The quantitative estimate of drug-likeness (QED) is 0.382. The number of aromatic nitrogens is 4. The summed E-state index contributed by atoms with van der Waals surface area (Å²) >= 11 is 1.69. The van der Waals surface area contributed by atoms with Crippen molar-refractivity contribution in [2.75, 3.05) is 19.1 Å². The summed E-state index contributed by atoms with van der Waals surface area (Å²) < 4.78 is 82.9. The molecule has 0 saturated carbocycles. The molecule has 0 atom stereocenters. The molecule has 0 aliphatic heterocycles. The number of thioether (sulfide) groups is 2. The molecular formula is C14H12F6N4O2S2. The Bertz CT molecular complexity index is 901. The lowest BCUT2D eigenvalue weighted by atomic mass is 10.4. The third-order valence-electron chi connectivity index (χ3n) is 3.17. The van der Waals surface area contributed by atoms with Crippen LogP contribution in [0.5, 0.6) is 5.88 Å². The van der Waals surface area contributed by atoms with E-state index >= 15 is 0 Å². The summed E-state index contributed by atoms with van der Waals surface area (Å²) in [6.45, 7) is -0.553. The zero-order chi connectivity index (χ0) is 21.1. The molecule has 2 rings (SSSR count). The molecule has 2 heterocycles. The van der Waals surface area contributed by atoms with Crippen LogP contribution in [0.1, 0.15) is 11.4 Å². The molecule has 14 heteroatoms. The van der Waals surface area contributed by atoms with E-state index in [9.17, 15) is 31.1 Å². The number of ether oxygens (including phenoxy) is 1. The molecule has 0 fully saturated rings. The molecule has 0 unspecified atom stereocenters. The van der Waals surface area contributed by atoms with Gasteiger partial charge in [0.15, 0.2) is 21.7 Å². The largest absolute Gasteiger partial charge is 0.476 e. The van der Waals surface area contributed by atoms with Crippen LogP contribution in [0.3, 0.4) is 0 Å². The number of halogens is 6. The van der Waals surface area contributed by atoms with Gasteiger partial charge in [0.2, 0.25) is 5.88 Å². The van der Waals surface area contributed by atoms with E-state index < -0.39 is 29.3 Å². The molecule has 6 nitrogen and oxygen atoms in total. The van der Waals surface area contributed by atoms with Gasteiger partial charge in [-0.15, -0.1) is 0 Å². The fraction of sp³-hybridized carbons (Fsp3) is 0.429. The van der Waals surface area contributed by atoms with Crippen LogP contribution in [0.15, 0.2) is 27.2 Å². The first-order chi connectivity index (χ1) is 13.0. The van der Waals surface area contributed by atoms with Crippen LogP contribution in [-0.2, 0) is 18.9 Å². The molecule has 0 radical (unpaired) electrons. The second-order valence-corrected chi connectivity index (χ2v) is 6.59. The van der Waals surface area contributed by atoms with Gasteiger partial charge in [0.25, 0.3) is 5.56 Å². The summed E-state index contributed by atoms with van der Waals surface area (Å²) in [5, 5.41) is -0.366. The van der Waals surface area contributed by atoms with Gasteiger partial charge in [0, 0.05) is 12.1 Å². The van der Waals surface area contributed by atoms with Crippen LogP contribution >= 0.6 is 23.5 Å². The van der Waals surface area contributed by atoms with Gasteiger partial charge in [-0.3, -0.25) is 9.36 Å². The first-order valence-electron chi connectivity index (χ1n) is 7.32. The van der Waals surface area contributed by atoms with Crippen molar-refractivity contribution >= 4 is 23.5 Å². The fourth-order valence-corrected chi connectivity index (χ4v) is 2.91. The molecule has 0 saturated heterocycles. The van der Waals surface area contributed by atoms with Crippen molar-refractivity contribution in [2.45, 2.75) is 29.2 Å². The Morgan fingerprint density at radius 2 is 1.57 bits per heavy atom. The van der Waals surface area contributed by atoms with Crippen molar-refractivity contribution in [3.05, 3.63) is 33.9 Å². The van der Waals surface area contributed by atoms with Gasteiger partial charge in [0.1, 0.15) is 6.61 Å². The predicted octanol–water partition coefficient (Wildman–Crippen LogP) is 3.59. The van der Waals surface area contributed by atoms with E-state index in [1.807, 2.05) is 0 Å². The van der Waals surface area contributed by atoms with Gasteiger partial charge in [-0.25, -0.2) is 9.97 Å².